The normalized spacial score (nSPS) is 24.8. The Hall–Kier alpha value is -1.79. The van der Waals surface area contributed by atoms with Crippen molar-refractivity contribution in [1.29, 1.82) is 0 Å². The van der Waals surface area contributed by atoms with Gasteiger partial charge in [-0.2, -0.15) is 0 Å². The maximum atomic E-state index is 12.6. The highest BCUT2D eigenvalue weighted by atomic mass is 35.5. The summed E-state index contributed by atoms with van der Waals surface area (Å²) < 4.78 is 5.26. The van der Waals surface area contributed by atoms with E-state index in [2.05, 4.69) is 10.6 Å². The number of rotatable bonds is 3. The third-order valence-electron chi connectivity index (χ3n) is 3.97. The molecule has 1 aromatic rings. The summed E-state index contributed by atoms with van der Waals surface area (Å²) in [6, 6.07) is 4.77. The lowest BCUT2D eigenvalue weighted by Gasteiger charge is -2.20. The van der Waals surface area contributed by atoms with Gasteiger partial charge in [0.1, 0.15) is 11.3 Å². The third-order valence-corrected chi connectivity index (χ3v) is 4.21. The summed E-state index contributed by atoms with van der Waals surface area (Å²) in [5.41, 5.74) is -0.0837. The van der Waals surface area contributed by atoms with Gasteiger partial charge in [0.05, 0.1) is 13.7 Å². The number of hydrogen-bond acceptors (Lipinski definition) is 4. The molecule has 2 heterocycles. The minimum Gasteiger partial charge on any atom is -0.496 e. The van der Waals surface area contributed by atoms with Crippen LogP contribution in [0.25, 0.3) is 0 Å². The van der Waals surface area contributed by atoms with Crippen molar-refractivity contribution in [1.82, 2.24) is 15.5 Å². The molecule has 112 valence electrons. The Balaban J connectivity index is 1.86. The van der Waals surface area contributed by atoms with E-state index >= 15 is 0 Å². The number of ether oxygens (including phenoxy) is 1. The van der Waals surface area contributed by atoms with Crippen molar-refractivity contribution in [2.24, 2.45) is 0 Å². The smallest absolute Gasteiger partial charge is 0.325 e. The Morgan fingerprint density at radius 1 is 1.43 bits per heavy atom. The molecule has 0 bridgehead atoms. The number of carbonyl (C=O) groups excluding carboxylic acids is 2. The molecular weight excluding hydrogens is 294 g/mol. The van der Waals surface area contributed by atoms with Crippen LogP contribution in [0.3, 0.4) is 0 Å². The van der Waals surface area contributed by atoms with Gasteiger partial charge in [0, 0.05) is 17.1 Å². The average molecular weight is 310 g/mol. The summed E-state index contributed by atoms with van der Waals surface area (Å²) in [6.07, 6.45) is 0.612. The van der Waals surface area contributed by atoms with E-state index in [0.717, 1.165) is 6.54 Å². The number of nitrogens with one attached hydrogen (secondary N) is 2. The Kier molecular flexibility index (Phi) is 3.51. The van der Waals surface area contributed by atoms with E-state index in [0.29, 0.717) is 29.3 Å². The largest absolute Gasteiger partial charge is 0.496 e. The lowest BCUT2D eigenvalue weighted by Crippen LogP contribution is -2.48. The molecule has 1 atom stereocenters. The fraction of sp³-hybridized carbons (Fsp3) is 0.429. The van der Waals surface area contributed by atoms with Crippen molar-refractivity contribution in [3.63, 3.8) is 0 Å². The second kappa shape index (κ2) is 5.20. The van der Waals surface area contributed by atoms with Gasteiger partial charge in [-0.25, -0.2) is 4.79 Å². The number of benzene rings is 1. The summed E-state index contributed by atoms with van der Waals surface area (Å²) in [6.45, 7) is 1.34. The summed E-state index contributed by atoms with van der Waals surface area (Å²) in [5, 5.41) is 6.45. The van der Waals surface area contributed by atoms with Gasteiger partial charge in [0.2, 0.25) is 0 Å². The first-order valence-electron chi connectivity index (χ1n) is 6.73. The van der Waals surface area contributed by atoms with Crippen LogP contribution in [0.4, 0.5) is 4.79 Å². The average Bonchev–Trinajstić information content (AvgIpc) is 3.01. The number of halogens is 1. The summed E-state index contributed by atoms with van der Waals surface area (Å²) >= 11 is 5.98. The van der Waals surface area contributed by atoms with Crippen molar-refractivity contribution in [2.75, 3.05) is 20.2 Å². The van der Waals surface area contributed by atoms with Crippen molar-refractivity contribution in [2.45, 2.75) is 18.5 Å². The minimum atomic E-state index is -0.789. The number of methoxy groups -OCH3 is 1. The zero-order valence-corrected chi connectivity index (χ0v) is 12.4. The summed E-state index contributed by atoms with van der Waals surface area (Å²) in [4.78, 5) is 25.9. The van der Waals surface area contributed by atoms with E-state index in [1.54, 1.807) is 25.3 Å². The number of carbonyl (C=O) groups is 2. The van der Waals surface area contributed by atoms with E-state index in [1.807, 2.05) is 0 Å². The Bertz CT molecular complexity index is 599. The first-order valence-corrected chi connectivity index (χ1v) is 7.11. The monoisotopic (exact) mass is 309 g/mol. The van der Waals surface area contributed by atoms with E-state index < -0.39 is 5.54 Å². The van der Waals surface area contributed by atoms with Crippen LogP contribution in [0.5, 0.6) is 5.75 Å². The molecule has 1 spiro atoms. The maximum absolute atomic E-state index is 12.6. The van der Waals surface area contributed by atoms with Gasteiger partial charge in [-0.3, -0.25) is 9.69 Å². The molecule has 2 N–H and O–H groups in total. The molecular formula is C14H16ClN3O3. The van der Waals surface area contributed by atoms with Gasteiger partial charge in [0.15, 0.2) is 0 Å². The van der Waals surface area contributed by atoms with Gasteiger partial charge >= 0.3 is 6.03 Å². The fourth-order valence-electron chi connectivity index (χ4n) is 2.84. The highest BCUT2D eigenvalue weighted by Gasteiger charge is 2.52. The molecule has 0 radical (unpaired) electrons. The maximum Gasteiger partial charge on any atom is 0.325 e. The first kappa shape index (κ1) is 14.2. The topological polar surface area (TPSA) is 70.7 Å². The molecule has 0 aromatic heterocycles. The molecule has 1 unspecified atom stereocenters. The highest BCUT2D eigenvalue weighted by molar-refractivity contribution is 6.30. The number of amides is 3. The molecule has 2 aliphatic heterocycles. The Labute approximate surface area is 127 Å². The molecule has 2 aliphatic rings. The lowest BCUT2D eigenvalue weighted by molar-refractivity contribution is -0.131. The molecule has 3 rings (SSSR count). The van der Waals surface area contributed by atoms with Crippen molar-refractivity contribution in [3.8, 4) is 5.75 Å². The van der Waals surface area contributed by atoms with Crippen LogP contribution in [0.15, 0.2) is 18.2 Å². The zero-order chi connectivity index (χ0) is 15.0. The highest BCUT2D eigenvalue weighted by Crippen LogP contribution is 2.29. The van der Waals surface area contributed by atoms with Crippen LogP contribution in [0, 0.1) is 0 Å². The van der Waals surface area contributed by atoms with E-state index in [-0.39, 0.29) is 18.5 Å². The fourth-order valence-corrected chi connectivity index (χ4v) is 3.04. The van der Waals surface area contributed by atoms with Crippen LogP contribution in [0.2, 0.25) is 5.02 Å². The van der Waals surface area contributed by atoms with Crippen LogP contribution in [-0.4, -0.2) is 42.6 Å². The number of imide groups is 1. The first-order chi connectivity index (χ1) is 10.1. The van der Waals surface area contributed by atoms with E-state index in [9.17, 15) is 9.59 Å². The Morgan fingerprint density at radius 2 is 2.24 bits per heavy atom. The summed E-state index contributed by atoms with van der Waals surface area (Å²) in [5.74, 6) is 0.407. The molecule has 21 heavy (non-hydrogen) atoms. The lowest BCUT2D eigenvalue weighted by atomic mass is 9.99. The zero-order valence-electron chi connectivity index (χ0n) is 11.6. The number of nitrogens with zero attached hydrogens (tertiary/aromatic N) is 1. The second-order valence-electron chi connectivity index (χ2n) is 5.29. The number of hydrogen-bond donors (Lipinski definition) is 2. The van der Waals surface area contributed by atoms with Gasteiger partial charge in [0.25, 0.3) is 5.91 Å². The molecule has 0 aliphatic carbocycles. The molecule has 7 heteroatoms. The molecule has 2 saturated heterocycles. The van der Waals surface area contributed by atoms with E-state index in [1.165, 1.54) is 4.90 Å². The van der Waals surface area contributed by atoms with E-state index in [4.69, 9.17) is 16.3 Å². The SMILES string of the molecule is COc1ccc(Cl)cc1CN1C(=O)NC2(CCNC2)C1=O. The minimum absolute atomic E-state index is 0.149. The predicted octanol–water partition coefficient (Wildman–Crippen LogP) is 1.13. The standard InChI is InChI=1S/C14H16ClN3O3/c1-21-11-3-2-10(15)6-9(11)7-18-12(19)14(17-13(18)20)4-5-16-8-14/h2-3,6,16H,4-5,7-8H2,1H3,(H,17,20). The number of urea groups is 1. The van der Waals surface area contributed by atoms with Crippen LogP contribution < -0.4 is 15.4 Å². The van der Waals surface area contributed by atoms with Gasteiger partial charge < -0.3 is 15.4 Å². The van der Waals surface area contributed by atoms with Crippen LogP contribution in [0.1, 0.15) is 12.0 Å². The van der Waals surface area contributed by atoms with Crippen molar-refractivity contribution in [3.05, 3.63) is 28.8 Å². The summed E-state index contributed by atoms with van der Waals surface area (Å²) in [7, 11) is 1.54. The third kappa shape index (κ3) is 2.34. The van der Waals surface area contributed by atoms with Gasteiger partial charge in [-0.05, 0) is 31.2 Å². The molecule has 0 saturated carbocycles. The van der Waals surface area contributed by atoms with Gasteiger partial charge in [-0.1, -0.05) is 11.6 Å². The Morgan fingerprint density at radius 3 is 2.90 bits per heavy atom. The van der Waals surface area contributed by atoms with Crippen LogP contribution in [-0.2, 0) is 11.3 Å². The molecule has 6 nitrogen and oxygen atoms in total. The van der Waals surface area contributed by atoms with Crippen molar-refractivity contribution < 1.29 is 14.3 Å². The van der Waals surface area contributed by atoms with Crippen molar-refractivity contribution >= 4 is 23.5 Å². The second-order valence-corrected chi connectivity index (χ2v) is 5.72. The predicted molar refractivity (Wildman–Crippen MR) is 77.3 cm³/mol. The van der Waals surface area contributed by atoms with Gasteiger partial charge in [-0.15, -0.1) is 0 Å². The van der Waals surface area contributed by atoms with Crippen LogP contribution >= 0.6 is 11.6 Å². The quantitative estimate of drug-likeness (QED) is 0.821. The molecule has 1 aromatic carbocycles. The molecule has 2 fully saturated rings. The molecule has 3 amide bonds.